The van der Waals surface area contributed by atoms with Crippen LogP contribution in [0.15, 0.2) is 47.4 Å². The average Bonchev–Trinajstić information content (AvgIpc) is 2.62. The molecule has 1 saturated heterocycles. The lowest BCUT2D eigenvalue weighted by Crippen LogP contribution is -2.42. The number of carbonyl (C=O) groups is 1. The lowest BCUT2D eigenvalue weighted by molar-refractivity contribution is 0.0726. The summed E-state index contributed by atoms with van der Waals surface area (Å²) >= 11 is 11.9. The van der Waals surface area contributed by atoms with E-state index < -0.39 is 20.9 Å². The molecule has 0 unspecified atom stereocenters. The monoisotopic (exact) mass is 415 g/mol. The van der Waals surface area contributed by atoms with Gasteiger partial charge in [0, 0.05) is 18.1 Å². The molecule has 0 spiro atoms. The predicted molar refractivity (Wildman–Crippen MR) is 99.0 cm³/mol. The number of likely N-dealkylation sites (tertiary alicyclic amines) is 1. The van der Waals surface area contributed by atoms with Crippen LogP contribution in [0.5, 0.6) is 0 Å². The van der Waals surface area contributed by atoms with E-state index in [0.29, 0.717) is 36.5 Å². The zero-order chi connectivity index (χ0) is 18.9. The van der Waals surface area contributed by atoms with E-state index in [0.717, 1.165) is 12.1 Å². The first-order valence-corrected chi connectivity index (χ1v) is 10.3. The van der Waals surface area contributed by atoms with Crippen molar-refractivity contribution in [1.29, 1.82) is 0 Å². The van der Waals surface area contributed by atoms with Gasteiger partial charge >= 0.3 is 0 Å². The summed E-state index contributed by atoms with van der Waals surface area (Å²) in [6.07, 6.45) is 0.632. The van der Waals surface area contributed by atoms with Crippen molar-refractivity contribution in [3.8, 4) is 0 Å². The molecule has 2 aromatic rings. The van der Waals surface area contributed by atoms with Gasteiger partial charge in [0.1, 0.15) is 5.82 Å². The number of sulfone groups is 1. The van der Waals surface area contributed by atoms with E-state index in [1.807, 2.05) is 0 Å². The second-order valence-corrected chi connectivity index (χ2v) is 9.19. The van der Waals surface area contributed by atoms with E-state index in [1.165, 1.54) is 18.2 Å². The number of halogens is 3. The Hall–Kier alpha value is -1.63. The summed E-state index contributed by atoms with van der Waals surface area (Å²) in [5, 5.41) is 0.108. The van der Waals surface area contributed by atoms with Gasteiger partial charge in [0.05, 0.1) is 20.7 Å². The predicted octanol–water partition coefficient (Wildman–Crippen LogP) is 4.21. The number of nitrogens with zero attached hydrogens (tertiary/aromatic N) is 1. The molecule has 0 N–H and O–H groups in total. The fourth-order valence-corrected chi connectivity index (χ4v) is 5.24. The highest BCUT2D eigenvalue weighted by molar-refractivity contribution is 7.92. The number of rotatable bonds is 3. The van der Waals surface area contributed by atoms with Gasteiger partial charge in [0.15, 0.2) is 9.84 Å². The van der Waals surface area contributed by atoms with Gasteiger partial charge in [-0.15, -0.1) is 0 Å². The molecule has 0 saturated carbocycles. The molecular formula is C18H16Cl2FNO3S. The SMILES string of the molecule is O=C(c1ccc(Cl)cc1Cl)N1CCC(S(=O)(=O)c2ccc(F)cc2)CC1. The first kappa shape index (κ1) is 19.1. The van der Waals surface area contributed by atoms with Crippen LogP contribution in [-0.2, 0) is 9.84 Å². The van der Waals surface area contributed by atoms with Gasteiger partial charge in [-0.1, -0.05) is 23.2 Å². The second-order valence-electron chi connectivity index (χ2n) is 6.11. The fourth-order valence-electron chi connectivity index (χ4n) is 3.02. The van der Waals surface area contributed by atoms with Gasteiger partial charge < -0.3 is 4.90 Å². The Labute approximate surface area is 161 Å². The highest BCUT2D eigenvalue weighted by Gasteiger charge is 2.33. The Morgan fingerprint density at radius 2 is 1.65 bits per heavy atom. The van der Waals surface area contributed by atoms with Crippen molar-refractivity contribution in [2.75, 3.05) is 13.1 Å². The summed E-state index contributed by atoms with van der Waals surface area (Å²) in [6.45, 7) is 0.617. The van der Waals surface area contributed by atoms with Crippen LogP contribution in [-0.4, -0.2) is 37.6 Å². The highest BCUT2D eigenvalue weighted by Crippen LogP contribution is 2.27. The molecule has 1 fully saturated rings. The minimum atomic E-state index is -3.55. The number of hydrogen-bond donors (Lipinski definition) is 0. The van der Waals surface area contributed by atoms with E-state index in [1.54, 1.807) is 17.0 Å². The van der Waals surface area contributed by atoms with E-state index in [2.05, 4.69) is 0 Å². The number of benzene rings is 2. The van der Waals surface area contributed by atoms with Crippen LogP contribution in [0.25, 0.3) is 0 Å². The topological polar surface area (TPSA) is 54.5 Å². The summed E-state index contributed by atoms with van der Waals surface area (Å²) in [5.41, 5.74) is 0.343. The Kier molecular flexibility index (Phi) is 5.55. The summed E-state index contributed by atoms with van der Waals surface area (Å²) in [7, 11) is -3.55. The third-order valence-electron chi connectivity index (χ3n) is 4.47. The lowest BCUT2D eigenvalue weighted by Gasteiger charge is -2.32. The van der Waals surface area contributed by atoms with Crippen LogP contribution in [0.3, 0.4) is 0 Å². The van der Waals surface area contributed by atoms with Crippen molar-refractivity contribution in [2.45, 2.75) is 23.0 Å². The number of amides is 1. The van der Waals surface area contributed by atoms with Gasteiger partial charge in [-0.3, -0.25) is 4.79 Å². The maximum Gasteiger partial charge on any atom is 0.255 e. The molecule has 1 aliphatic rings. The average molecular weight is 416 g/mol. The Bertz CT molecular complexity index is 924. The Morgan fingerprint density at radius 1 is 1.04 bits per heavy atom. The number of piperidine rings is 1. The number of hydrogen-bond acceptors (Lipinski definition) is 3. The standard InChI is InChI=1S/C18H16Cl2FNO3S/c19-12-1-6-16(17(20)11-12)18(23)22-9-7-15(8-10-22)26(24,25)14-4-2-13(21)3-5-14/h1-6,11,15H,7-10H2. The molecule has 4 nitrogen and oxygen atoms in total. The summed E-state index contributed by atoms with van der Waals surface area (Å²) < 4.78 is 38.4. The molecule has 26 heavy (non-hydrogen) atoms. The Morgan fingerprint density at radius 3 is 2.23 bits per heavy atom. The van der Waals surface area contributed by atoms with Gasteiger partial charge in [-0.2, -0.15) is 0 Å². The molecule has 0 bridgehead atoms. The van der Waals surface area contributed by atoms with Crippen molar-refractivity contribution < 1.29 is 17.6 Å². The molecule has 1 aliphatic heterocycles. The first-order valence-electron chi connectivity index (χ1n) is 8.03. The molecule has 3 rings (SSSR count). The van der Waals surface area contributed by atoms with E-state index in [4.69, 9.17) is 23.2 Å². The second kappa shape index (κ2) is 7.55. The van der Waals surface area contributed by atoms with Gasteiger partial charge in [0.2, 0.25) is 0 Å². The van der Waals surface area contributed by atoms with Gasteiger partial charge in [-0.05, 0) is 55.3 Å². The van der Waals surface area contributed by atoms with E-state index in [-0.39, 0.29) is 15.8 Å². The summed E-state index contributed by atoms with van der Waals surface area (Å²) in [4.78, 5) is 14.3. The van der Waals surface area contributed by atoms with Crippen LogP contribution in [0.1, 0.15) is 23.2 Å². The normalized spacial score (nSPS) is 15.9. The van der Waals surface area contributed by atoms with Crippen molar-refractivity contribution in [1.82, 2.24) is 4.90 Å². The third-order valence-corrected chi connectivity index (χ3v) is 7.30. The van der Waals surface area contributed by atoms with Crippen molar-refractivity contribution in [3.63, 3.8) is 0 Å². The first-order chi connectivity index (χ1) is 12.3. The minimum absolute atomic E-state index is 0.101. The minimum Gasteiger partial charge on any atom is -0.339 e. The molecule has 0 aliphatic carbocycles. The molecule has 0 atom stereocenters. The molecule has 1 heterocycles. The zero-order valence-corrected chi connectivity index (χ0v) is 16.0. The smallest absolute Gasteiger partial charge is 0.255 e. The molecule has 1 amide bonds. The fraction of sp³-hybridized carbons (Fsp3) is 0.278. The zero-order valence-electron chi connectivity index (χ0n) is 13.7. The van der Waals surface area contributed by atoms with Crippen LogP contribution >= 0.6 is 23.2 Å². The van der Waals surface area contributed by atoms with E-state index in [9.17, 15) is 17.6 Å². The van der Waals surface area contributed by atoms with Crippen molar-refractivity contribution >= 4 is 38.9 Å². The van der Waals surface area contributed by atoms with Crippen LogP contribution in [0, 0.1) is 5.82 Å². The largest absolute Gasteiger partial charge is 0.339 e. The quantitative estimate of drug-likeness (QED) is 0.705. The van der Waals surface area contributed by atoms with Crippen molar-refractivity contribution in [2.24, 2.45) is 0 Å². The van der Waals surface area contributed by atoms with Crippen LogP contribution in [0.2, 0.25) is 10.0 Å². The highest BCUT2D eigenvalue weighted by atomic mass is 35.5. The Balaban J connectivity index is 1.70. The molecule has 0 aromatic heterocycles. The van der Waals surface area contributed by atoms with Crippen LogP contribution < -0.4 is 0 Å². The molecule has 0 radical (unpaired) electrons. The maximum atomic E-state index is 13.0. The molecule has 138 valence electrons. The van der Waals surface area contributed by atoms with Crippen LogP contribution in [0.4, 0.5) is 4.39 Å². The molecule has 8 heteroatoms. The number of carbonyl (C=O) groups excluding carboxylic acids is 1. The lowest BCUT2D eigenvalue weighted by atomic mass is 10.1. The third kappa shape index (κ3) is 3.87. The van der Waals surface area contributed by atoms with Gasteiger partial charge in [0.25, 0.3) is 5.91 Å². The van der Waals surface area contributed by atoms with Crippen molar-refractivity contribution in [3.05, 3.63) is 63.9 Å². The van der Waals surface area contributed by atoms with Gasteiger partial charge in [-0.25, -0.2) is 12.8 Å². The molecule has 2 aromatic carbocycles. The summed E-state index contributed by atoms with van der Waals surface area (Å²) in [5.74, 6) is -0.728. The maximum absolute atomic E-state index is 13.0. The molecular weight excluding hydrogens is 400 g/mol. The summed E-state index contributed by atoms with van der Waals surface area (Å²) in [6, 6.07) is 9.47. The van der Waals surface area contributed by atoms with E-state index >= 15 is 0 Å².